The van der Waals surface area contributed by atoms with E-state index in [2.05, 4.69) is 5.32 Å². The van der Waals surface area contributed by atoms with Crippen LogP contribution < -0.4 is 9.62 Å². The lowest BCUT2D eigenvalue weighted by Gasteiger charge is -2.26. The van der Waals surface area contributed by atoms with Crippen LogP contribution in [-0.4, -0.2) is 46.7 Å². The topological polar surface area (TPSA) is 104 Å². The Bertz CT molecular complexity index is 1560. The number of hydrogen-bond acceptors (Lipinski definition) is 5. The van der Waals surface area contributed by atoms with Gasteiger partial charge >= 0.3 is 0 Å². The van der Waals surface area contributed by atoms with Crippen LogP contribution in [0.1, 0.15) is 40.7 Å². The third-order valence-corrected chi connectivity index (χ3v) is 10.6. The van der Waals surface area contributed by atoms with Crippen molar-refractivity contribution in [2.45, 2.75) is 42.4 Å². The van der Waals surface area contributed by atoms with E-state index >= 15 is 0 Å². The van der Waals surface area contributed by atoms with E-state index in [1.807, 2.05) is 12.1 Å². The molecule has 2 aliphatic heterocycles. The molecule has 37 heavy (non-hydrogen) atoms. The molecule has 0 saturated carbocycles. The van der Waals surface area contributed by atoms with Gasteiger partial charge in [0.15, 0.2) is 0 Å². The number of rotatable bonds is 6. The monoisotopic (exact) mass is 539 g/mol. The molecule has 0 unspecified atom stereocenters. The van der Waals surface area contributed by atoms with Crippen molar-refractivity contribution in [3.05, 3.63) is 83.4 Å². The molecule has 1 amide bonds. The number of anilines is 2. The second-order valence-corrected chi connectivity index (χ2v) is 13.2. The summed E-state index contributed by atoms with van der Waals surface area (Å²) >= 11 is 0. The third-order valence-electron chi connectivity index (χ3n) is 6.94. The minimum Gasteiger partial charge on any atom is -0.322 e. The molecule has 5 rings (SSSR count). The van der Waals surface area contributed by atoms with Crippen LogP contribution in [0, 0.1) is 6.92 Å². The highest BCUT2D eigenvalue weighted by atomic mass is 32.2. The Morgan fingerprint density at radius 1 is 0.784 bits per heavy atom. The lowest BCUT2D eigenvalue weighted by Crippen LogP contribution is -2.35. The van der Waals surface area contributed by atoms with Crippen molar-refractivity contribution < 1.29 is 21.6 Å². The lowest BCUT2D eigenvalue weighted by atomic mass is 10.1. The molecule has 1 fully saturated rings. The summed E-state index contributed by atoms with van der Waals surface area (Å²) in [5, 5.41) is 2.78. The average molecular weight is 540 g/mol. The first kappa shape index (κ1) is 25.4. The van der Waals surface area contributed by atoms with Gasteiger partial charge in [-0.05, 0) is 73.7 Å². The van der Waals surface area contributed by atoms with Crippen molar-refractivity contribution >= 4 is 37.3 Å². The zero-order chi connectivity index (χ0) is 26.2. The minimum atomic E-state index is -3.86. The molecule has 3 aromatic carbocycles. The van der Waals surface area contributed by atoms with E-state index in [1.54, 1.807) is 31.2 Å². The van der Waals surface area contributed by atoms with Gasteiger partial charge in [-0.1, -0.05) is 36.8 Å². The van der Waals surface area contributed by atoms with Gasteiger partial charge in [0.05, 0.1) is 15.5 Å². The number of aryl methyl sites for hydroxylation is 1. The molecule has 0 radical (unpaired) electrons. The number of carbonyl (C=O) groups is 1. The predicted molar refractivity (Wildman–Crippen MR) is 143 cm³/mol. The number of carbonyl (C=O) groups excluding carboxylic acids is 1. The molecule has 2 heterocycles. The standard InChI is InChI=1S/C27H29N3O5S2/c1-20-12-13-24(36(32,33)29-15-5-2-6-16-29)19-25(20)28-27(31)22-9-7-10-23(18-22)37(34,35)30-17-14-21-8-3-4-11-26(21)30/h3-4,7-13,18-19H,2,5-6,14-17H2,1H3,(H,28,31). The molecule has 2 aliphatic rings. The van der Waals surface area contributed by atoms with E-state index < -0.39 is 26.0 Å². The van der Waals surface area contributed by atoms with Crippen molar-refractivity contribution in [3.63, 3.8) is 0 Å². The zero-order valence-corrected chi connectivity index (χ0v) is 22.2. The first-order valence-electron chi connectivity index (χ1n) is 12.3. The summed E-state index contributed by atoms with van der Waals surface area (Å²) in [6.07, 6.45) is 3.31. The van der Waals surface area contributed by atoms with Crippen LogP contribution in [0.5, 0.6) is 0 Å². The Morgan fingerprint density at radius 3 is 2.30 bits per heavy atom. The van der Waals surface area contributed by atoms with E-state index in [0.29, 0.717) is 43.0 Å². The molecular formula is C27H29N3O5S2. The lowest BCUT2D eigenvalue weighted by molar-refractivity contribution is 0.102. The zero-order valence-electron chi connectivity index (χ0n) is 20.6. The largest absolute Gasteiger partial charge is 0.322 e. The number of para-hydroxylation sites is 1. The van der Waals surface area contributed by atoms with E-state index in [9.17, 15) is 21.6 Å². The van der Waals surface area contributed by atoms with Gasteiger partial charge in [-0.2, -0.15) is 4.31 Å². The third kappa shape index (κ3) is 4.88. The van der Waals surface area contributed by atoms with Crippen LogP contribution in [-0.2, 0) is 26.5 Å². The summed E-state index contributed by atoms with van der Waals surface area (Å²) < 4.78 is 55.9. The fourth-order valence-electron chi connectivity index (χ4n) is 4.83. The van der Waals surface area contributed by atoms with Crippen molar-refractivity contribution in [1.29, 1.82) is 0 Å². The van der Waals surface area contributed by atoms with Crippen LogP contribution in [0.3, 0.4) is 0 Å². The molecule has 0 aromatic heterocycles. The fraction of sp³-hybridized carbons (Fsp3) is 0.296. The van der Waals surface area contributed by atoms with Gasteiger partial charge in [0, 0.05) is 30.9 Å². The second-order valence-electron chi connectivity index (χ2n) is 9.38. The highest BCUT2D eigenvalue weighted by molar-refractivity contribution is 7.92. The normalized spacial score (nSPS) is 16.4. The Morgan fingerprint density at radius 2 is 1.51 bits per heavy atom. The van der Waals surface area contributed by atoms with Gasteiger partial charge < -0.3 is 5.32 Å². The molecule has 10 heteroatoms. The van der Waals surface area contributed by atoms with Crippen LogP contribution in [0.4, 0.5) is 11.4 Å². The maximum absolute atomic E-state index is 13.4. The van der Waals surface area contributed by atoms with Crippen LogP contribution >= 0.6 is 0 Å². The first-order chi connectivity index (χ1) is 17.7. The maximum atomic E-state index is 13.4. The summed E-state index contributed by atoms with van der Waals surface area (Å²) in [6, 6.07) is 18.0. The fourth-order valence-corrected chi connectivity index (χ4v) is 7.92. The summed E-state index contributed by atoms with van der Waals surface area (Å²) in [7, 11) is -7.52. The van der Waals surface area contributed by atoms with Crippen LogP contribution in [0.2, 0.25) is 0 Å². The Kier molecular flexibility index (Phi) is 6.82. The number of sulfonamides is 2. The quantitative estimate of drug-likeness (QED) is 0.506. The van der Waals surface area contributed by atoms with Gasteiger partial charge in [0.25, 0.3) is 15.9 Å². The van der Waals surface area contributed by atoms with Crippen molar-refractivity contribution in [1.82, 2.24) is 4.31 Å². The number of nitrogens with zero attached hydrogens (tertiary/aromatic N) is 2. The number of benzene rings is 3. The number of nitrogens with one attached hydrogen (secondary N) is 1. The summed E-state index contributed by atoms with van der Waals surface area (Å²) in [5.74, 6) is -0.519. The average Bonchev–Trinajstić information content (AvgIpc) is 3.35. The predicted octanol–water partition coefficient (Wildman–Crippen LogP) is 4.17. The van der Waals surface area contributed by atoms with Crippen molar-refractivity contribution in [3.8, 4) is 0 Å². The first-order valence-corrected chi connectivity index (χ1v) is 15.2. The van der Waals surface area contributed by atoms with E-state index in [4.69, 9.17) is 0 Å². The SMILES string of the molecule is Cc1ccc(S(=O)(=O)N2CCCCC2)cc1NC(=O)c1cccc(S(=O)(=O)N2CCc3ccccc32)c1. The van der Waals surface area contributed by atoms with Crippen LogP contribution in [0.15, 0.2) is 76.5 Å². The number of hydrogen-bond donors (Lipinski definition) is 1. The Labute approximate surface area is 218 Å². The highest BCUT2D eigenvalue weighted by Crippen LogP contribution is 2.33. The van der Waals surface area contributed by atoms with Gasteiger partial charge in [0.2, 0.25) is 10.0 Å². The summed E-state index contributed by atoms with van der Waals surface area (Å²) in [6.45, 7) is 3.09. The molecule has 3 aromatic rings. The van der Waals surface area contributed by atoms with Crippen LogP contribution in [0.25, 0.3) is 0 Å². The summed E-state index contributed by atoms with van der Waals surface area (Å²) in [5.41, 5.74) is 2.85. The molecule has 1 N–H and O–H groups in total. The molecule has 0 bridgehead atoms. The van der Waals surface area contributed by atoms with E-state index in [0.717, 1.165) is 24.8 Å². The smallest absolute Gasteiger partial charge is 0.264 e. The molecule has 0 aliphatic carbocycles. The molecule has 0 atom stereocenters. The van der Waals surface area contributed by atoms with Gasteiger partial charge in [-0.3, -0.25) is 9.10 Å². The van der Waals surface area contributed by atoms with Gasteiger partial charge in [0.1, 0.15) is 0 Å². The van der Waals surface area contributed by atoms with Gasteiger partial charge in [-0.15, -0.1) is 0 Å². The van der Waals surface area contributed by atoms with E-state index in [1.165, 1.54) is 38.9 Å². The Hall–Kier alpha value is -3.21. The maximum Gasteiger partial charge on any atom is 0.264 e. The van der Waals surface area contributed by atoms with Crippen molar-refractivity contribution in [2.24, 2.45) is 0 Å². The number of piperidine rings is 1. The molecule has 1 saturated heterocycles. The minimum absolute atomic E-state index is 0.0231. The molecule has 8 nitrogen and oxygen atoms in total. The highest BCUT2D eigenvalue weighted by Gasteiger charge is 2.31. The number of fused-ring (bicyclic) bond motifs is 1. The molecule has 194 valence electrons. The van der Waals surface area contributed by atoms with Gasteiger partial charge in [-0.25, -0.2) is 16.8 Å². The second kappa shape index (κ2) is 9.92. The summed E-state index contributed by atoms with van der Waals surface area (Å²) in [4.78, 5) is 13.3. The van der Waals surface area contributed by atoms with Crippen molar-refractivity contribution in [2.75, 3.05) is 29.3 Å². The van der Waals surface area contributed by atoms with E-state index in [-0.39, 0.29) is 15.4 Å². The Balaban J connectivity index is 1.39. The molecular weight excluding hydrogens is 510 g/mol. The molecule has 0 spiro atoms. The number of amides is 1.